The van der Waals surface area contributed by atoms with Crippen LogP contribution in [0.3, 0.4) is 0 Å². The molecule has 0 aromatic heterocycles. The normalized spacial score (nSPS) is 16.5. The molecular weight excluding hydrogens is 224 g/mol. The molecule has 0 radical (unpaired) electrons. The highest BCUT2D eigenvalue weighted by atomic mass is 32.2. The van der Waals surface area contributed by atoms with E-state index >= 15 is 0 Å². The van der Waals surface area contributed by atoms with Crippen LogP contribution < -0.4 is 0 Å². The minimum atomic E-state index is 1.11. The second-order valence-corrected chi connectivity index (χ2v) is 5.19. The molecule has 1 rings (SSSR count). The Morgan fingerprint density at radius 1 is 1.41 bits per heavy atom. The third kappa shape index (κ3) is 4.99. The molecule has 0 N–H and O–H groups in total. The minimum absolute atomic E-state index is 1.11. The molecule has 0 spiro atoms. The molecule has 1 aliphatic carbocycles. The Morgan fingerprint density at radius 3 is 2.88 bits per heavy atom. The molecule has 1 heteroatoms. The van der Waals surface area contributed by atoms with E-state index in [2.05, 4.69) is 50.5 Å². The number of hydrogen-bond acceptors (Lipinski definition) is 1. The molecule has 1 aliphatic rings. The van der Waals surface area contributed by atoms with E-state index in [1.54, 1.807) is 5.57 Å². The molecule has 0 unspecified atom stereocenters. The standard InChI is InChI=1S/C16H24S/c1-4-6-9-14-10-7-11-15(14)12-13-16(17-3)8-5-2/h7-8,10,12-13H,4-6,9,11H2,1-3H3/b13-12+,16-8-. The van der Waals surface area contributed by atoms with Gasteiger partial charge in [-0.15, -0.1) is 11.8 Å². The van der Waals surface area contributed by atoms with E-state index in [-0.39, 0.29) is 0 Å². The van der Waals surface area contributed by atoms with Crippen molar-refractivity contribution >= 4 is 11.8 Å². The van der Waals surface area contributed by atoms with Crippen molar-refractivity contribution in [2.24, 2.45) is 0 Å². The lowest BCUT2D eigenvalue weighted by Crippen LogP contribution is -1.82. The Bertz CT molecular complexity index is 343. The SMILES string of the molecule is CC/C=C(/C=C/C1=C(CCCC)C=CC1)SC. The second-order valence-electron chi connectivity index (χ2n) is 4.31. The van der Waals surface area contributed by atoms with Crippen molar-refractivity contribution in [1.82, 2.24) is 0 Å². The predicted molar refractivity (Wildman–Crippen MR) is 81.3 cm³/mol. The van der Waals surface area contributed by atoms with Crippen LogP contribution in [0.15, 0.2) is 46.4 Å². The summed E-state index contributed by atoms with van der Waals surface area (Å²) in [5.41, 5.74) is 3.05. The lowest BCUT2D eigenvalue weighted by atomic mass is 10.0. The van der Waals surface area contributed by atoms with Gasteiger partial charge in [-0.1, -0.05) is 44.6 Å². The number of hydrogen-bond donors (Lipinski definition) is 0. The summed E-state index contributed by atoms with van der Waals surface area (Å²) in [5.74, 6) is 0. The minimum Gasteiger partial charge on any atom is -0.130 e. The first kappa shape index (κ1) is 14.4. The summed E-state index contributed by atoms with van der Waals surface area (Å²) in [6.45, 7) is 4.44. The van der Waals surface area contributed by atoms with Crippen molar-refractivity contribution in [3.05, 3.63) is 46.4 Å². The van der Waals surface area contributed by atoms with Gasteiger partial charge in [-0.25, -0.2) is 0 Å². The van der Waals surface area contributed by atoms with E-state index in [0.29, 0.717) is 0 Å². The van der Waals surface area contributed by atoms with Gasteiger partial charge >= 0.3 is 0 Å². The Balaban J connectivity index is 2.66. The Labute approximate surface area is 111 Å². The summed E-state index contributed by atoms with van der Waals surface area (Å²) in [4.78, 5) is 1.38. The molecule has 17 heavy (non-hydrogen) atoms. The van der Waals surface area contributed by atoms with Gasteiger partial charge in [0.15, 0.2) is 0 Å². The van der Waals surface area contributed by atoms with E-state index in [1.165, 1.54) is 29.7 Å². The fourth-order valence-electron chi connectivity index (χ4n) is 1.96. The number of allylic oxidation sites excluding steroid dienone is 7. The number of rotatable bonds is 7. The highest BCUT2D eigenvalue weighted by Crippen LogP contribution is 2.26. The van der Waals surface area contributed by atoms with Gasteiger partial charge in [-0.3, -0.25) is 0 Å². The van der Waals surface area contributed by atoms with Crippen LogP contribution in [0.4, 0.5) is 0 Å². The van der Waals surface area contributed by atoms with Crippen LogP contribution in [0.25, 0.3) is 0 Å². The smallest absolute Gasteiger partial charge is 0.00292 e. The van der Waals surface area contributed by atoms with E-state index in [4.69, 9.17) is 0 Å². The predicted octanol–water partition coefficient (Wildman–Crippen LogP) is 5.65. The maximum absolute atomic E-state index is 2.31. The van der Waals surface area contributed by atoms with Crippen molar-refractivity contribution in [3.63, 3.8) is 0 Å². The Hall–Kier alpha value is -0.690. The molecule has 0 saturated heterocycles. The first-order valence-electron chi connectivity index (χ1n) is 6.62. The highest BCUT2D eigenvalue weighted by Gasteiger charge is 2.05. The summed E-state index contributed by atoms with van der Waals surface area (Å²) in [6.07, 6.45) is 19.6. The molecule has 0 amide bonds. The third-order valence-corrected chi connectivity index (χ3v) is 3.73. The van der Waals surface area contributed by atoms with Gasteiger partial charge < -0.3 is 0 Å². The molecule has 0 aromatic carbocycles. The van der Waals surface area contributed by atoms with E-state index in [9.17, 15) is 0 Å². The maximum atomic E-state index is 2.31. The van der Waals surface area contributed by atoms with Crippen LogP contribution in [0, 0.1) is 0 Å². The van der Waals surface area contributed by atoms with Gasteiger partial charge in [0.2, 0.25) is 0 Å². The summed E-state index contributed by atoms with van der Waals surface area (Å²) >= 11 is 1.83. The Kier molecular flexibility index (Phi) is 7.11. The van der Waals surface area contributed by atoms with Crippen LogP contribution in [-0.2, 0) is 0 Å². The highest BCUT2D eigenvalue weighted by molar-refractivity contribution is 8.02. The van der Waals surface area contributed by atoms with Gasteiger partial charge in [0.1, 0.15) is 0 Å². The molecule has 0 saturated carbocycles. The first-order valence-corrected chi connectivity index (χ1v) is 7.85. The lowest BCUT2D eigenvalue weighted by Gasteiger charge is -2.02. The average molecular weight is 248 g/mol. The molecule has 0 bridgehead atoms. The molecule has 0 fully saturated rings. The Morgan fingerprint density at radius 2 is 2.24 bits per heavy atom. The van der Waals surface area contributed by atoms with E-state index < -0.39 is 0 Å². The van der Waals surface area contributed by atoms with Gasteiger partial charge in [0, 0.05) is 4.91 Å². The van der Waals surface area contributed by atoms with E-state index in [0.717, 1.165) is 12.8 Å². The summed E-state index contributed by atoms with van der Waals surface area (Å²) < 4.78 is 0. The fraction of sp³-hybridized carbons (Fsp3) is 0.500. The van der Waals surface area contributed by atoms with Gasteiger partial charge in [0.05, 0.1) is 0 Å². The van der Waals surface area contributed by atoms with E-state index in [1.807, 2.05) is 11.8 Å². The van der Waals surface area contributed by atoms with Crippen molar-refractivity contribution < 1.29 is 0 Å². The quantitative estimate of drug-likeness (QED) is 0.525. The summed E-state index contributed by atoms with van der Waals surface area (Å²) in [5, 5.41) is 0. The van der Waals surface area contributed by atoms with Gasteiger partial charge in [-0.05, 0) is 49.2 Å². The van der Waals surface area contributed by atoms with Crippen molar-refractivity contribution in [2.45, 2.75) is 46.0 Å². The monoisotopic (exact) mass is 248 g/mol. The maximum Gasteiger partial charge on any atom is 0.00292 e. The fourth-order valence-corrected chi connectivity index (χ4v) is 2.49. The average Bonchev–Trinajstić information content (AvgIpc) is 2.79. The van der Waals surface area contributed by atoms with Gasteiger partial charge in [0.25, 0.3) is 0 Å². The second kappa shape index (κ2) is 8.41. The van der Waals surface area contributed by atoms with Crippen molar-refractivity contribution in [1.29, 1.82) is 0 Å². The van der Waals surface area contributed by atoms with Crippen molar-refractivity contribution in [3.8, 4) is 0 Å². The van der Waals surface area contributed by atoms with Crippen LogP contribution in [-0.4, -0.2) is 6.26 Å². The van der Waals surface area contributed by atoms with Crippen LogP contribution in [0.5, 0.6) is 0 Å². The van der Waals surface area contributed by atoms with Gasteiger partial charge in [-0.2, -0.15) is 0 Å². The summed E-state index contributed by atoms with van der Waals surface area (Å²) in [6, 6.07) is 0. The molecule has 0 aliphatic heterocycles. The lowest BCUT2D eigenvalue weighted by molar-refractivity contribution is 0.796. The third-order valence-electron chi connectivity index (χ3n) is 2.96. The number of unbranched alkanes of at least 4 members (excludes halogenated alkanes) is 1. The number of thioether (sulfide) groups is 1. The van der Waals surface area contributed by atoms with Crippen molar-refractivity contribution in [2.75, 3.05) is 6.26 Å². The first-order chi connectivity index (χ1) is 8.31. The molecule has 0 atom stereocenters. The van der Waals surface area contributed by atoms with Crippen LogP contribution in [0.2, 0.25) is 0 Å². The molecule has 94 valence electrons. The largest absolute Gasteiger partial charge is 0.130 e. The molecule has 0 aromatic rings. The van der Waals surface area contributed by atoms with Crippen LogP contribution >= 0.6 is 11.8 Å². The van der Waals surface area contributed by atoms with Crippen LogP contribution in [0.1, 0.15) is 46.0 Å². The molecular formula is C16H24S. The zero-order chi connectivity index (χ0) is 12.5. The zero-order valence-electron chi connectivity index (χ0n) is 11.3. The topological polar surface area (TPSA) is 0 Å². The zero-order valence-corrected chi connectivity index (χ0v) is 12.1. The molecule has 0 nitrogen and oxygen atoms in total. The summed E-state index contributed by atoms with van der Waals surface area (Å²) in [7, 11) is 0. The molecule has 0 heterocycles.